The molecule has 1 N–H and O–H groups in total. The standard InChI is InChI=1S/C11H10FNO3/c12-10-6-9-7(1-2-11(9)14)5-8(10)3-4-13(15)16/h3-6,11,14H,1-2H2/b4-3+. The number of nitrogens with zero attached hydrogens (tertiary/aromatic N) is 1. The molecule has 1 aromatic rings. The molecule has 5 heteroatoms. The van der Waals surface area contributed by atoms with Crippen LogP contribution in [0.4, 0.5) is 4.39 Å². The first kappa shape index (κ1) is 10.8. The molecule has 2 rings (SSSR count). The maximum atomic E-state index is 13.5. The number of benzene rings is 1. The third kappa shape index (κ3) is 1.94. The van der Waals surface area contributed by atoms with E-state index in [-0.39, 0.29) is 5.56 Å². The van der Waals surface area contributed by atoms with Crippen LogP contribution in [0.3, 0.4) is 0 Å². The Labute approximate surface area is 91.2 Å². The molecular weight excluding hydrogens is 213 g/mol. The van der Waals surface area contributed by atoms with Crippen LogP contribution in [0.25, 0.3) is 6.08 Å². The van der Waals surface area contributed by atoms with E-state index >= 15 is 0 Å². The van der Waals surface area contributed by atoms with Crippen molar-refractivity contribution >= 4 is 6.08 Å². The smallest absolute Gasteiger partial charge is 0.235 e. The lowest BCUT2D eigenvalue weighted by atomic mass is 10.0. The zero-order valence-corrected chi connectivity index (χ0v) is 8.39. The Bertz CT molecular complexity index is 471. The third-order valence-corrected chi connectivity index (χ3v) is 2.68. The van der Waals surface area contributed by atoms with Crippen LogP contribution < -0.4 is 0 Å². The highest BCUT2D eigenvalue weighted by molar-refractivity contribution is 5.53. The molecule has 1 aliphatic rings. The number of halogens is 1. The number of nitro groups is 1. The Hall–Kier alpha value is -1.75. The fourth-order valence-electron chi connectivity index (χ4n) is 1.90. The molecule has 0 saturated heterocycles. The van der Waals surface area contributed by atoms with Crippen molar-refractivity contribution in [1.82, 2.24) is 0 Å². The molecule has 0 amide bonds. The van der Waals surface area contributed by atoms with Crippen molar-refractivity contribution in [3.8, 4) is 0 Å². The highest BCUT2D eigenvalue weighted by Gasteiger charge is 2.21. The minimum Gasteiger partial charge on any atom is -0.388 e. The maximum Gasteiger partial charge on any atom is 0.235 e. The number of hydrogen-bond acceptors (Lipinski definition) is 3. The second-order valence-corrected chi connectivity index (χ2v) is 3.73. The number of hydrogen-bond donors (Lipinski definition) is 1. The summed E-state index contributed by atoms with van der Waals surface area (Å²) in [6.45, 7) is 0. The number of fused-ring (bicyclic) bond motifs is 1. The molecular formula is C11H10FNO3. The minimum absolute atomic E-state index is 0.185. The zero-order chi connectivity index (χ0) is 11.7. The highest BCUT2D eigenvalue weighted by atomic mass is 19.1. The van der Waals surface area contributed by atoms with Crippen LogP contribution in [0.15, 0.2) is 18.3 Å². The first-order valence-corrected chi connectivity index (χ1v) is 4.90. The summed E-state index contributed by atoms with van der Waals surface area (Å²) in [5.41, 5.74) is 1.64. The lowest BCUT2D eigenvalue weighted by Gasteiger charge is -2.05. The van der Waals surface area contributed by atoms with Crippen LogP contribution in [0.1, 0.15) is 29.2 Å². The molecule has 0 saturated carbocycles. The molecule has 0 radical (unpaired) electrons. The molecule has 1 atom stereocenters. The molecule has 16 heavy (non-hydrogen) atoms. The SMILES string of the molecule is O=[N+]([O-])/C=C/c1cc2c(cc1F)C(O)CC2. The molecule has 0 heterocycles. The number of rotatable bonds is 2. The average molecular weight is 223 g/mol. The fraction of sp³-hybridized carbons (Fsp3) is 0.273. The van der Waals surface area contributed by atoms with Gasteiger partial charge in [0.05, 0.1) is 11.0 Å². The molecule has 0 spiro atoms. The van der Waals surface area contributed by atoms with Gasteiger partial charge in [0.2, 0.25) is 6.20 Å². The van der Waals surface area contributed by atoms with Crippen molar-refractivity contribution in [1.29, 1.82) is 0 Å². The Morgan fingerprint density at radius 1 is 1.56 bits per heavy atom. The van der Waals surface area contributed by atoms with Gasteiger partial charge in [0, 0.05) is 11.6 Å². The first-order chi connectivity index (χ1) is 7.58. The second kappa shape index (κ2) is 4.02. The van der Waals surface area contributed by atoms with Gasteiger partial charge in [0.1, 0.15) is 5.82 Å². The van der Waals surface area contributed by atoms with E-state index in [2.05, 4.69) is 0 Å². The van der Waals surface area contributed by atoms with Crippen LogP contribution in [-0.2, 0) is 6.42 Å². The highest BCUT2D eigenvalue weighted by Crippen LogP contribution is 2.32. The maximum absolute atomic E-state index is 13.5. The molecule has 4 nitrogen and oxygen atoms in total. The van der Waals surface area contributed by atoms with E-state index < -0.39 is 16.8 Å². The molecule has 1 unspecified atom stereocenters. The van der Waals surface area contributed by atoms with Crippen molar-refractivity contribution < 1.29 is 14.4 Å². The molecule has 84 valence electrons. The molecule has 1 aromatic carbocycles. The zero-order valence-electron chi connectivity index (χ0n) is 8.39. The summed E-state index contributed by atoms with van der Waals surface area (Å²) in [5, 5.41) is 19.6. The molecule has 0 bridgehead atoms. The van der Waals surface area contributed by atoms with E-state index in [1.54, 1.807) is 6.07 Å². The Morgan fingerprint density at radius 2 is 2.31 bits per heavy atom. The van der Waals surface area contributed by atoms with Crippen molar-refractivity contribution in [3.63, 3.8) is 0 Å². The molecule has 0 fully saturated rings. The van der Waals surface area contributed by atoms with E-state index in [0.29, 0.717) is 24.6 Å². The fourth-order valence-corrected chi connectivity index (χ4v) is 1.90. The molecule has 1 aliphatic carbocycles. The van der Waals surface area contributed by atoms with Crippen molar-refractivity contribution in [2.45, 2.75) is 18.9 Å². The lowest BCUT2D eigenvalue weighted by Crippen LogP contribution is -1.94. The van der Waals surface area contributed by atoms with Crippen LogP contribution >= 0.6 is 0 Å². The van der Waals surface area contributed by atoms with Crippen LogP contribution in [0, 0.1) is 15.9 Å². The normalized spacial score (nSPS) is 19.0. The number of aliphatic hydroxyl groups is 1. The van der Waals surface area contributed by atoms with E-state index in [9.17, 15) is 19.6 Å². The topological polar surface area (TPSA) is 63.4 Å². The predicted octanol–water partition coefficient (Wildman–Crippen LogP) is 2.05. The van der Waals surface area contributed by atoms with E-state index in [0.717, 1.165) is 11.6 Å². The summed E-state index contributed by atoms with van der Waals surface area (Å²) >= 11 is 0. The van der Waals surface area contributed by atoms with Gasteiger partial charge in [-0.1, -0.05) is 0 Å². The van der Waals surface area contributed by atoms with Crippen molar-refractivity contribution in [2.75, 3.05) is 0 Å². The Balaban J connectivity index is 2.39. The summed E-state index contributed by atoms with van der Waals surface area (Å²) in [7, 11) is 0. The van der Waals surface area contributed by atoms with Crippen LogP contribution in [0.2, 0.25) is 0 Å². The summed E-state index contributed by atoms with van der Waals surface area (Å²) in [5.74, 6) is -0.544. The van der Waals surface area contributed by atoms with E-state index in [4.69, 9.17) is 0 Å². The summed E-state index contributed by atoms with van der Waals surface area (Å²) in [6.07, 6.45) is 2.47. The van der Waals surface area contributed by atoms with Gasteiger partial charge in [-0.05, 0) is 36.1 Å². The van der Waals surface area contributed by atoms with E-state index in [1.807, 2.05) is 0 Å². The van der Waals surface area contributed by atoms with Gasteiger partial charge in [-0.25, -0.2) is 4.39 Å². The third-order valence-electron chi connectivity index (χ3n) is 2.68. The second-order valence-electron chi connectivity index (χ2n) is 3.73. The quantitative estimate of drug-likeness (QED) is 0.616. The van der Waals surface area contributed by atoms with Crippen molar-refractivity contribution in [2.24, 2.45) is 0 Å². The van der Waals surface area contributed by atoms with Gasteiger partial charge in [0.25, 0.3) is 0 Å². The monoisotopic (exact) mass is 223 g/mol. The first-order valence-electron chi connectivity index (χ1n) is 4.90. The predicted molar refractivity (Wildman–Crippen MR) is 55.7 cm³/mol. The molecule has 0 aromatic heterocycles. The largest absolute Gasteiger partial charge is 0.388 e. The number of aliphatic hydroxyl groups excluding tert-OH is 1. The van der Waals surface area contributed by atoms with E-state index in [1.165, 1.54) is 6.07 Å². The van der Waals surface area contributed by atoms with Crippen LogP contribution in [-0.4, -0.2) is 10.0 Å². The average Bonchev–Trinajstić information content (AvgIpc) is 2.57. The van der Waals surface area contributed by atoms with Gasteiger partial charge in [-0.15, -0.1) is 0 Å². The number of aryl methyl sites for hydroxylation is 1. The molecule has 0 aliphatic heterocycles. The lowest BCUT2D eigenvalue weighted by molar-refractivity contribution is -0.400. The van der Waals surface area contributed by atoms with Gasteiger partial charge in [-0.3, -0.25) is 10.1 Å². The van der Waals surface area contributed by atoms with Gasteiger partial charge >= 0.3 is 0 Å². The van der Waals surface area contributed by atoms with Crippen LogP contribution in [0.5, 0.6) is 0 Å². The Kier molecular flexibility index (Phi) is 2.70. The van der Waals surface area contributed by atoms with Crippen molar-refractivity contribution in [3.05, 3.63) is 51.0 Å². The summed E-state index contributed by atoms with van der Waals surface area (Å²) in [6, 6.07) is 2.81. The van der Waals surface area contributed by atoms with Gasteiger partial charge in [-0.2, -0.15) is 0 Å². The summed E-state index contributed by atoms with van der Waals surface area (Å²) in [4.78, 5) is 9.49. The Morgan fingerprint density at radius 3 is 3.00 bits per heavy atom. The van der Waals surface area contributed by atoms with Gasteiger partial charge in [0.15, 0.2) is 0 Å². The van der Waals surface area contributed by atoms with Gasteiger partial charge < -0.3 is 5.11 Å². The summed E-state index contributed by atoms with van der Waals surface area (Å²) < 4.78 is 13.5. The minimum atomic E-state index is -0.637.